The molecule has 1 aliphatic rings. The van der Waals surface area contributed by atoms with E-state index in [1.165, 1.54) is 4.90 Å². The fourth-order valence-electron chi connectivity index (χ4n) is 1.74. The zero-order valence-corrected chi connectivity index (χ0v) is 10.5. The van der Waals surface area contributed by atoms with Gasteiger partial charge in [0.25, 0.3) is 11.7 Å². The molecule has 0 saturated heterocycles. The molecule has 0 aliphatic carbocycles. The summed E-state index contributed by atoms with van der Waals surface area (Å²) in [5.74, 6) is -1.17. The molecule has 1 heterocycles. The van der Waals surface area contributed by atoms with Gasteiger partial charge in [0.1, 0.15) is 0 Å². The average molecular weight is 299 g/mol. The van der Waals surface area contributed by atoms with Crippen molar-refractivity contribution >= 4 is 33.3 Å². The van der Waals surface area contributed by atoms with Crippen molar-refractivity contribution in [2.45, 2.75) is 6.10 Å². The Bertz CT molecular complexity index is 490. The molecule has 2 rings (SSSR count). The summed E-state index contributed by atoms with van der Waals surface area (Å²) in [6, 6.07) is 5.02. The summed E-state index contributed by atoms with van der Waals surface area (Å²) in [5, 5.41) is 9.46. The van der Waals surface area contributed by atoms with Gasteiger partial charge < -0.3 is 15.7 Å². The second kappa shape index (κ2) is 4.56. The number of hydrogen-bond donors (Lipinski definition) is 2. The maximum absolute atomic E-state index is 11.7. The lowest BCUT2D eigenvalue weighted by Crippen LogP contribution is -2.39. The van der Waals surface area contributed by atoms with Crippen molar-refractivity contribution in [2.75, 3.05) is 18.0 Å². The highest BCUT2D eigenvalue weighted by Crippen LogP contribution is 2.31. The van der Waals surface area contributed by atoms with Gasteiger partial charge in [0.05, 0.1) is 23.9 Å². The minimum atomic E-state index is -0.832. The number of anilines is 1. The zero-order valence-electron chi connectivity index (χ0n) is 8.89. The lowest BCUT2D eigenvalue weighted by molar-refractivity contribution is -0.114. The highest BCUT2D eigenvalue weighted by molar-refractivity contribution is 9.10. The Morgan fingerprint density at radius 3 is 2.76 bits per heavy atom. The molecule has 17 heavy (non-hydrogen) atoms. The molecule has 1 aliphatic heterocycles. The number of ketones is 1. The summed E-state index contributed by atoms with van der Waals surface area (Å²) < 4.78 is 0.735. The van der Waals surface area contributed by atoms with Crippen LogP contribution in [0.2, 0.25) is 0 Å². The van der Waals surface area contributed by atoms with E-state index in [1.807, 2.05) is 0 Å². The molecule has 6 heteroatoms. The molecule has 0 saturated carbocycles. The number of Topliss-reactive ketones (excluding diaryl/α,β-unsaturated/α-hetero) is 1. The number of nitrogens with zero attached hydrogens (tertiary/aromatic N) is 1. The van der Waals surface area contributed by atoms with E-state index in [1.54, 1.807) is 18.2 Å². The molecule has 1 aromatic rings. The average Bonchev–Trinajstić information content (AvgIpc) is 2.54. The molecule has 1 unspecified atom stereocenters. The number of rotatable bonds is 3. The Morgan fingerprint density at radius 2 is 2.12 bits per heavy atom. The Morgan fingerprint density at radius 1 is 1.41 bits per heavy atom. The molecule has 3 N–H and O–H groups in total. The lowest BCUT2D eigenvalue weighted by Gasteiger charge is -2.19. The van der Waals surface area contributed by atoms with Gasteiger partial charge in [-0.15, -0.1) is 0 Å². The highest BCUT2D eigenvalue weighted by Gasteiger charge is 2.36. The Balaban J connectivity index is 2.38. The van der Waals surface area contributed by atoms with Gasteiger partial charge in [0.2, 0.25) is 0 Å². The first-order valence-electron chi connectivity index (χ1n) is 5.08. The van der Waals surface area contributed by atoms with Crippen molar-refractivity contribution in [1.29, 1.82) is 0 Å². The van der Waals surface area contributed by atoms with E-state index in [-0.39, 0.29) is 13.1 Å². The molecule has 0 radical (unpaired) electrons. The van der Waals surface area contributed by atoms with Gasteiger partial charge in [0.15, 0.2) is 0 Å². The first kappa shape index (κ1) is 12.2. The Hall–Kier alpha value is -1.24. The fourth-order valence-corrected chi connectivity index (χ4v) is 2.10. The van der Waals surface area contributed by atoms with Crippen LogP contribution in [-0.4, -0.2) is 36.0 Å². The maximum Gasteiger partial charge on any atom is 0.299 e. The second-order valence-corrected chi connectivity index (χ2v) is 4.71. The number of amides is 1. The molecule has 0 spiro atoms. The van der Waals surface area contributed by atoms with Gasteiger partial charge in [-0.1, -0.05) is 15.9 Å². The van der Waals surface area contributed by atoms with Crippen LogP contribution in [0.1, 0.15) is 10.4 Å². The van der Waals surface area contributed by atoms with E-state index in [4.69, 9.17) is 5.73 Å². The maximum atomic E-state index is 11.7. The highest BCUT2D eigenvalue weighted by atomic mass is 79.9. The number of aliphatic hydroxyl groups is 1. The number of hydrogen-bond acceptors (Lipinski definition) is 4. The molecule has 1 aromatic carbocycles. The number of aliphatic hydroxyl groups excluding tert-OH is 1. The van der Waals surface area contributed by atoms with Crippen LogP contribution in [0.3, 0.4) is 0 Å². The smallest absolute Gasteiger partial charge is 0.299 e. The van der Waals surface area contributed by atoms with E-state index in [0.29, 0.717) is 11.3 Å². The summed E-state index contributed by atoms with van der Waals surface area (Å²) in [5.41, 5.74) is 6.17. The van der Waals surface area contributed by atoms with Gasteiger partial charge in [-0.2, -0.15) is 0 Å². The van der Waals surface area contributed by atoms with Crippen LogP contribution < -0.4 is 10.6 Å². The first-order chi connectivity index (χ1) is 8.04. The van der Waals surface area contributed by atoms with E-state index in [9.17, 15) is 14.7 Å². The van der Waals surface area contributed by atoms with E-state index in [0.717, 1.165) is 4.47 Å². The zero-order chi connectivity index (χ0) is 12.6. The second-order valence-electron chi connectivity index (χ2n) is 3.80. The molecule has 0 bridgehead atoms. The van der Waals surface area contributed by atoms with Crippen LogP contribution in [0.15, 0.2) is 22.7 Å². The number of β-amino-alcohol motifs (C(OH)–C–C–N with tert-alkyl or cyclic N) is 1. The van der Waals surface area contributed by atoms with Gasteiger partial charge in [0, 0.05) is 11.0 Å². The standard InChI is InChI=1S/C11H11BrN2O3/c12-6-1-2-9-8(3-6)10(16)11(17)14(9)5-7(15)4-13/h1-3,7,15H,4-5,13H2. The lowest BCUT2D eigenvalue weighted by atomic mass is 10.1. The topological polar surface area (TPSA) is 83.6 Å². The first-order valence-corrected chi connectivity index (χ1v) is 5.87. The molecular formula is C11H11BrN2O3. The third kappa shape index (κ3) is 2.11. The van der Waals surface area contributed by atoms with Crippen LogP contribution in [-0.2, 0) is 4.79 Å². The van der Waals surface area contributed by atoms with Crippen molar-refractivity contribution in [3.05, 3.63) is 28.2 Å². The van der Waals surface area contributed by atoms with Crippen LogP contribution in [0.25, 0.3) is 0 Å². The molecular weight excluding hydrogens is 288 g/mol. The normalized spacial score (nSPS) is 16.3. The SMILES string of the molecule is NCC(O)CN1C(=O)C(=O)c2cc(Br)ccc21. The summed E-state index contributed by atoms with van der Waals surface area (Å²) >= 11 is 3.25. The summed E-state index contributed by atoms with van der Waals surface area (Å²) in [4.78, 5) is 24.7. The predicted molar refractivity (Wildman–Crippen MR) is 65.9 cm³/mol. The molecule has 5 nitrogen and oxygen atoms in total. The van der Waals surface area contributed by atoms with Gasteiger partial charge in [-0.05, 0) is 18.2 Å². The Kier molecular flexibility index (Phi) is 3.28. The minimum Gasteiger partial charge on any atom is -0.390 e. The van der Waals surface area contributed by atoms with E-state index < -0.39 is 17.8 Å². The van der Waals surface area contributed by atoms with Crippen molar-refractivity contribution in [1.82, 2.24) is 0 Å². The molecule has 90 valence electrons. The van der Waals surface area contributed by atoms with Crippen LogP contribution in [0.5, 0.6) is 0 Å². The van der Waals surface area contributed by atoms with Crippen LogP contribution in [0.4, 0.5) is 5.69 Å². The molecule has 1 amide bonds. The number of carbonyl (C=O) groups is 2. The molecule has 0 fully saturated rings. The van der Waals surface area contributed by atoms with Crippen molar-refractivity contribution < 1.29 is 14.7 Å². The summed E-state index contributed by atoms with van der Waals surface area (Å²) in [6.45, 7) is 0.0829. The number of benzene rings is 1. The number of nitrogens with two attached hydrogens (primary N) is 1. The van der Waals surface area contributed by atoms with Gasteiger partial charge in [-0.3, -0.25) is 9.59 Å². The van der Waals surface area contributed by atoms with Crippen molar-refractivity contribution in [2.24, 2.45) is 5.73 Å². The Labute approximate surface area is 106 Å². The number of carbonyl (C=O) groups excluding carboxylic acids is 2. The molecule has 1 atom stereocenters. The third-order valence-corrected chi connectivity index (χ3v) is 3.09. The quantitative estimate of drug-likeness (QED) is 0.786. The molecule has 0 aromatic heterocycles. The summed E-state index contributed by atoms with van der Waals surface area (Å²) in [6.07, 6.45) is -0.832. The van der Waals surface area contributed by atoms with Crippen molar-refractivity contribution in [3.63, 3.8) is 0 Å². The largest absolute Gasteiger partial charge is 0.390 e. The van der Waals surface area contributed by atoms with Crippen LogP contribution in [0, 0.1) is 0 Å². The number of halogens is 1. The van der Waals surface area contributed by atoms with Gasteiger partial charge in [-0.25, -0.2) is 0 Å². The monoisotopic (exact) mass is 298 g/mol. The fraction of sp³-hybridized carbons (Fsp3) is 0.273. The number of fused-ring (bicyclic) bond motifs is 1. The van der Waals surface area contributed by atoms with E-state index in [2.05, 4.69) is 15.9 Å². The van der Waals surface area contributed by atoms with E-state index >= 15 is 0 Å². The van der Waals surface area contributed by atoms with Crippen molar-refractivity contribution in [3.8, 4) is 0 Å². The minimum absolute atomic E-state index is 0.0374. The summed E-state index contributed by atoms with van der Waals surface area (Å²) in [7, 11) is 0. The van der Waals surface area contributed by atoms with Gasteiger partial charge >= 0.3 is 0 Å². The van der Waals surface area contributed by atoms with Crippen LogP contribution >= 0.6 is 15.9 Å². The predicted octanol–water partition coefficient (Wildman–Crippen LogP) is 0.298. The third-order valence-electron chi connectivity index (χ3n) is 2.60.